The van der Waals surface area contributed by atoms with Crippen molar-refractivity contribution >= 4 is 0 Å². The van der Waals surface area contributed by atoms with Crippen LogP contribution in [0.2, 0.25) is 0 Å². The van der Waals surface area contributed by atoms with Gasteiger partial charge < -0.3 is 15.3 Å². The standard InChI is InChI=1S/C18H30N2O/c1-4-16-10-11-20(12-16)13-18(14-21,19-15(2)3)17-8-6-5-7-9-17/h5-9,15-16,19,21H,4,10-14H2,1-3H3. The number of hydrogen-bond donors (Lipinski definition) is 2. The van der Waals surface area contributed by atoms with Crippen molar-refractivity contribution in [1.29, 1.82) is 0 Å². The topological polar surface area (TPSA) is 35.5 Å². The van der Waals surface area contributed by atoms with E-state index in [1.807, 2.05) is 6.07 Å². The summed E-state index contributed by atoms with van der Waals surface area (Å²) in [6, 6.07) is 10.7. The molecule has 1 aliphatic heterocycles. The van der Waals surface area contributed by atoms with E-state index in [-0.39, 0.29) is 12.1 Å². The second-order valence-corrected chi connectivity index (χ2v) is 6.70. The fourth-order valence-electron chi connectivity index (χ4n) is 3.49. The average Bonchev–Trinajstić information content (AvgIpc) is 2.94. The van der Waals surface area contributed by atoms with Gasteiger partial charge in [-0.2, -0.15) is 0 Å². The molecule has 0 amide bonds. The van der Waals surface area contributed by atoms with Gasteiger partial charge in [0.15, 0.2) is 0 Å². The van der Waals surface area contributed by atoms with Crippen LogP contribution in [-0.4, -0.2) is 42.3 Å². The van der Waals surface area contributed by atoms with Gasteiger partial charge in [-0.15, -0.1) is 0 Å². The van der Waals surface area contributed by atoms with Crippen molar-refractivity contribution in [3.8, 4) is 0 Å². The summed E-state index contributed by atoms with van der Waals surface area (Å²) in [6.45, 7) is 9.87. The smallest absolute Gasteiger partial charge is 0.0799 e. The Hall–Kier alpha value is -0.900. The van der Waals surface area contributed by atoms with Crippen molar-refractivity contribution in [2.45, 2.75) is 45.2 Å². The number of aliphatic hydroxyl groups is 1. The Morgan fingerprint density at radius 1 is 1.33 bits per heavy atom. The second kappa shape index (κ2) is 7.39. The molecule has 3 heteroatoms. The summed E-state index contributed by atoms with van der Waals surface area (Å²) in [5.74, 6) is 0.816. The zero-order chi connectivity index (χ0) is 15.3. The molecule has 2 atom stereocenters. The van der Waals surface area contributed by atoms with Crippen molar-refractivity contribution in [2.75, 3.05) is 26.2 Å². The lowest BCUT2D eigenvalue weighted by molar-refractivity contribution is 0.108. The van der Waals surface area contributed by atoms with Crippen molar-refractivity contribution < 1.29 is 5.11 Å². The van der Waals surface area contributed by atoms with Gasteiger partial charge in [0, 0.05) is 19.1 Å². The van der Waals surface area contributed by atoms with Gasteiger partial charge in [-0.05, 0) is 38.3 Å². The largest absolute Gasteiger partial charge is 0.394 e. The summed E-state index contributed by atoms with van der Waals surface area (Å²) in [5, 5.41) is 13.8. The van der Waals surface area contributed by atoms with Gasteiger partial charge in [0.2, 0.25) is 0 Å². The van der Waals surface area contributed by atoms with Gasteiger partial charge in [-0.25, -0.2) is 0 Å². The Balaban J connectivity index is 2.19. The first-order chi connectivity index (χ1) is 10.1. The molecule has 0 spiro atoms. The molecule has 1 aromatic rings. The minimum absolute atomic E-state index is 0.127. The van der Waals surface area contributed by atoms with Crippen LogP contribution >= 0.6 is 0 Å². The molecule has 1 aliphatic rings. The van der Waals surface area contributed by atoms with Crippen LogP contribution in [-0.2, 0) is 5.54 Å². The van der Waals surface area contributed by atoms with Gasteiger partial charge >= 0.3 is 0 Å². The zero-order valence-corrected chi connectivity index (χ0v) is 13.7. The van der Waals surface area contributed by atoms with Crippen LogP contribution in [0.5, 0.6) is 0 Å². The first-order valence-corrected chi connectivity index (χ1v) is 8.26. The Kier molecular flexibility index (Phi) is 5.80. The fourth-order valence-corrected chi connectivity index (χ4v) is 3.49. The zero-order valence-electron chi connectivity index (χ0n) is 13.7. The van der Waals surface area contributed by atoms with Crippen LogP contribution in [0.4, 0.5) is 0 Å². The lowest BCUT2D eigenvalue weighted by Gasteiger charge is -2.39. The number of rotatable bonds is 7. The number of benzene rings is 1. The average molecular weight is 290 g/mol. The highest BCUT2D eigenvalue weighted by Crippen LogP contribution is 2.27. The van der Waals surface area contributed by atoms with Gasteiger partial charge in [0.05, 0.1) is 12.1 Å². The first kappa shape index (κ1) is 16.5. The summed E-state index contributed by atoms with van der Waals surface area (Å²) in [6.07, 6.45) is 2.54. The maximum absolute atomic E-state index is 10.2. The predicted octanol–water partition coefficient (Wildman–Crippen LogP) is 2.60. The van der Waals surface area contributed by atoms with Crippen LogP contribution in [0.25, 0.3) is 0 Å². The minimum atomic E-state index is -0.363. The van der Waals surface area contributed by atoms with E-state index in [2.05, 4.69) is 55.3 Å². The molecule has 2 unspecified atom stereocenters. The SMILES string of the molecule is CCC1CCN(CC(CO)(NC(C)C)c2ccccc2)C1. The first-order valence-electron chi connectivity index (χ1n) is 8.26. The molecule has 0 aliphatic carbocycles. The third-order valence-corrected chi connectivity index (χ3v) is 4.60. The van der Waals surface area contributed by atoms with Gasteiger partial charge in [0.25, 0.3) is 0 Å². The number of hydrogen-bond acceptors (Lipinski definition) is 3. The summed E-state index contributed by atoms with van der Waals surface area (Å²) in [4.78, 5) is 2.51. The second-order valence-electron chi connectivity index (χ2n) is 6.70. The van der Waals surface area contributed by atoms with Crippen molar-refractivity contribution in [3.05, 3.63) is 35.9 Å². The monoisotopic (exact) mass is 290 g/mol. The molecule has 0 radical (unpaired) electrons. The van der Waals surface area contributed by atoms with Crippen LogP contribution in [0.15, 0.2) is 30.3 Å². The molecule has 0 bridgehead atoms. The van der Waals surface area contributed by atoms with Gasteiger partial charge in [-0.1, -0.05) is 43.7 Å². The summed E-state index contributed by atoms with van der Waals surface area (Å²) in [7, 11) is 0. The maximum Gasteiger partial charge on any atom is 0.0799 e. The lowest BCUT2D eigenvalue weighted by atomic mass is 9.89. The van der Waals surface area contributed by atoms with Crippen molar-refractivity contribution in [3.63, 3.8) is 0 Å². The van der Waals surface area contributed by atoms with Crippen molar-refractivity contribution in [1.82, 2.24) is 10.2 Å². The fraction of sp³-hybridized carbons (Fsp3) is 0.667. The molecular weight excluding hydrogens is 260 g/mol. The molecule has 118 valence electrons. The highest BCUT2D eigenvalue weighted by molar-refractivity contribution is 5.25. The van der Waals surface area contributed by atoms with E-state index in [0.717, 1.165) is 25.6 Å². The molecule has 2 N–H and O–H groups in total. The van der Waals surface area contributed by atoms with E-state index >= 15 is 0 Å². The Bertz CT molecular complexity index is 420. The molecule has 1 saturated heterocycles. The van der Waals surface area contributed by atoms with Gasteiger partial charge in [-0.3, -0.25) is 0 Å². The molecule has 1 heterocycles. The Morgan fingerprint density at radius 2 is 2.05 bits per heavy atom. The Morgan fingerprint density at radius 3 is 2.57 bits per heavy atom. The Labute approximate surface area is 129 Å². The highest BCUT2D eigenvalue weighted by Gasteiger charge is 2.36. The maximum atomic E-state index is 10.2. The number of likely N-dealkylation sites (tertiary alicyclic amines) is 1. The summed E-state index contributed by atoms with van der Waals surface area (Å²) in [5.41, 5.74) is 0.819. The van der Waals surface area contributed by atoms with Gasteiger partial charge in [0.1, 0.15) is 0 Å². The summed E-state index contributed by atoms with van der Waals surface area (Å²) >= 11 is 0. The third-order valence-electron chi connectivity index (χ3n) is 4.60. The number of aliphatic hydroxyl groups excluding tert-OH is 1. The van der Waals surface area contributed by atoms with Crippen LogP contribution < -0.4 is 5.32 Å². The number of nitrogens with zero attached hydrogens (tertiary/aromatic N) is 1. The molecule has 1 fully saturated rings. The summed E-state index contributed by atoms with van der Waals surface area (Å²) < 4.78 is 0. The van der Waals surface area contributed by atoms with E-state index in [1.165, 1.54) is 18.4 Å². The minimum Gasteiger partial charge on any atom is -0.394 e. The van der Waals surface area contributed by atoms with E-state index in [0.29, 0.717) is 6.04 Å². The quantitative estimate of drug-likeness (QED) is 0.810. The normalized spacial score (nSPS) is 22.6. The van der Waals surface area contributed by atoms with E-state index in [9.17, 15) is 5.11 Å². The van der Waals surface area contributed by atoms with Crippen LogP contribution in [0, 0.1) is 5.92 Å². The van der Waals surface area contributed by atoms with E-state index in [4.69, 9.17) is 0 Å². The van der Waals surface area contributed by atoms with E-state index in [1.54, 1.807) is 0 Å². The molecule has 0 aromatic heterocycles. The molecular formula is C18H30N2O. The van der Waals surface area contributed by atoms with Crippen LogP contribution in [0.1, 0.15) is 39.2 Å². The molecule has 21 heavy (non-hydrogen) atoms. The lowest BCUT2D eigenvalue weighted by Crippen LogP contribution is -2.55. The third kappa shape index (κ3) is 4.06. The number of nitrogens with one attached hydrogen (secondary N) is 1. The molecule has 2 rings (SSSR count). The molecule has 0 saturated carbocycles. The van der Waals surface area contributed by atoms with Crippen molar-refractivity contribution in [2.24, 2.45) is 5.92 Å². The highest BCUT2D eigenvalue weighted by atomic mass is 16.3. The van der Waals surface area contributed by atoms with E-state index < -0.39 is 0 Å². The molecule has 3 nitrogen and oxygen atoms in total. The predicted molar refractivity (Wildman–Crippen MR) is 88.3 cm³/mol. The molecule has 1 aromatic carbocycles. The van der Waals surface area contributed by atoms with Crippen LogP contribution in [0.3, 0.4) is 0 Å².